The number of benzene rings is 1. The number of nitrogens with two attached hydrogens (primary N) is 1. The van der Waals surface area contributed by atoms with Crippen molar-refractivity contribution in [3.05, 3.63) is 48.2 Å². The van der Waals surface area contributed by atoms with E-state index in [-0.39, 0.29) is 22.2 Å². The van der Waals surface area contributed by atoms with E-state index >= 15 is 0 Å². The third-order valence-corrected chi connectivity index (χ3v) is 4.14. The van der Waals surface area contributed by atoms with Crippen molar-refractivity contribution in [2.45, 2.75) is 11.8 Å². The number of nitrogens with zero attached hydrogens (tertiary/aromatic N) is 1. The van der Waals surface area contributed by atoms with Crippen LogP contribution in [0, 0.1) is 0 Å². The molecule has 0 fully saturated rings. The van der Waals surface area contributed by atoms with Gasteiger partial charge in [0.15, 0.2) is 0 Å². The maximum absolute atomic E-state index is 12.3. The maximum atomic E-state index is 12.3. The Bertz CT molecular complexity index is 847. The summed E-state index contributed by atoms with van der Waals surface area (Å²) in [6.07, 6.45) is 1.28. The first-order chi connectivity index (χ1) is 10.8. The first-order valence-corrected chi connectivity index (χ1v) is 7.92. The third kappa shape index (κ3) is 4.27. The van der Waals surface area contributed by atoms with E-state index in [4.69, 9.17) is 5.73 Å². The molecule has 8 nitrogen and oxygen atoms in total. The highest BCUT2D eigenvalue weighted by Gasteiger charge is 2.15. The number of primary amides is 1. The van der Waals surface area contributed by atoms with Crippen LogP contribution < -0.4 is 15.8 Å². The fourth-order valence-corrected chi connectivity index (χ4v) is 2.76. The Labute approximate surface area is 132 Å². The Morgan fingerprint density at radius 3 is 2.35 bits per heavy atom. The van der Waals surface area contributed by atoms with E-state index in [1.165, 1.54) is 49.5 Å². The van der Waals surface area contributed by atoms with E-state index < -0.39 is 15.9 Å². The molecule has 1 aromatic heterocycles. The minimum Gasteiger partial charge on any atom is -0.366 e. The highest BCUT2D eigenvalue weighted by atomic mass is 32.2. The summed E-state index contributed by atoms with van der Waals surface area (Å²) < 4.78 is 26.8. The van der Waals surface area contributed by atoms with E-state index in [0.29, 0.717) is 5.69 Å². The molecule has 120 valence electrons. The van der Waals surface area contributed by atoms with E-state index in [1.807, 2.05) is 0 Å². The Morgan fingerprint density at radius 1 is 1.13 bits per heavy atom. The van der Waals surface area contributed by atoms with Gasteiger partial charge in [0.2, 0.25) is 11.8 Å². The molecule has 0 spiro atoms. The highest BCUT2D eigenvalue weighted by molar-refractivity contribution is 7.92. The Kier molecular flexibility index (Phi) is 4.60. The molecule has 0 unspecified atom stereocenters. The SMILES string of the molecule is CC(=O)Nc1ccc(S(=O)(=O)Nc2cc(C(N)=O)ccn2)cc1. The minimum absolute atomic E-state index is 0.0159. The van der Waals surface area contributed by atoms with Crippen LogP contribution in [0.2, 0.25) is 0 Å². The Morgan fingerprint density at radius 2 is 1.78 bits per heavy atom. The van der Waals surface area contributed by atoms with Gasteiger partial charge in [-0.25, -0.2) is 13.4 Å². The van der Waals surface area contributed by atoms with Crippen molar-refractivity contribution in [3.8, 4) is 0 Å². The molecule has 0 saturated heterocycles. The van der Waals surface area contributed by atoms with Gasteiger partial charge in [0.1, 0.15) is 5.82 Å². The van der Waals surface area contributed by atoms with Crippen LogP contribution >= 0.6 is 0 Å². The number of anilines is 2. The van der Waals surface area contributed by atoms with Crippen LogP contribution in [0.15, 0.2) is 47.5 Å². The number of aromatic nitrogens is 1. The van der Waals surface area contributed by atoms with Crippen LogP contribution in [-0.2, 0) is 14.8 Å². The summed E-state index contributed by atoms with van der Waals surface area (Å²) in [4.78, 5) is 25.9. The van der Waals surface area contributed by atoms with Gasteiger partial charge in [-0.2, -0.15) is 0 Å². The van der Waals surface area contributed by atoms with Crippen LogP contribution in [0.25, 0.3) is 0 Å². The molecule has 0 bridgehead atoms. The standard InChI is InChI=1S/C14H14N4O4S/c1-9(19)17-11-2-4-12(5-3-11)23(21,22)18-13-8-10(14(15)20)6-7-16-13/h2-8H,1H3,(H2,15,20)(H,16,18)(H,17,19). The summed E-state index contributed by atoms with van der Waals surface area (Å²) in [6.45, 7) is 1.35. The van der Waals surface area contributed by atoms with Crippen molar-refractivity contribution in [1.82, 2.24) is 4.98 Å². The summed E-state index contributed by atoms with van der Waals surface area (Å²) in [5, 5.41) is 2.54. The minimum atomic E-state index is -3.88. The zero-order valence-corrected chi connectivity index (χ0v) is 12.9. The van der Waals surface area contributed by atoms with Crippen LogP contribution in [-0.4, -0.2) is 25.2 Å². The first kappa shape index (κ1) is 16.4. The van der Waals surface area contributed by atoms with Crippen molar-refractivity contribution in [2.24, 2.45) is 5.73 Å². The second-order valence-electron chi connectivity index (χ2n) is 4.61. The van der Waals surface area contributed by atoms with Crippen molar-refractivity contribution < 1.29 is 18.0 Å². The number of hydrogen-bond donors (Lipinski definition) is 3. The average molecular weight is 334 g/mol. The van der Waals surface area contributed by atoms with Crippen molar-refractivity contribution in [1.29, 1.82) is 0 Å². The molecule has 23 heavy (non-hydrogen) atoms. The van der Waals surface area contributed by atoms with Crippen LogP contribution in [0.1, 0.15) is 17.3 Å². The fourth-order valence-electron chi connectivity index (χ4n) is 1.76. The molecular weight excluding hydrogens is 320 g/mol. The normalized spacial score (nSPS) is 10.8. The Hall–Kier alpha value is -2.94. The fraction of sp³-hybridized carbons (Fsp3) is 0.0714. The lowest BCUT2D eigenvalue weighted by Gasteiger charge is -2.09. The van der Waals surface area contributed by atoms with Crippen molar-refractivity contribution in [2.75, 3.05) is 10.0 Å². The van der Waals surface area contributed by atoms with E-state index in [0.717, 1.165) is 0 Å². The monoisotopic (exact) mass is 334 g/mol. The largest absolute Gasteiger partial charge is 0.366 e. The van der Waals surface area contributed by atoms with Gasteiger partial charge in [-0.15, -0.1) is 0 Å². The molecule has 2 amide bonds. The van der Waals surface area contributed by atoms with Crippen LogP contribution in [0.3, 0.4) is 0 Å². The molecule has 0 aliphatic heterocycles. The number of carbonyl (C=O) groups excluding carboxylic acids is 2. The van der Waals surface area contributed by atoms with Gasteiger partial charge in [-0.05, 0) is 36.4 Å². The molecular formula is C14H14N4O4S. The molecule has 0 radical (unpaired) electrons. The third-order valence-electron chi connectivity index (χ3n) is 2.77. The lowest BCUT2D eigenvalue weighted by Crippen LogP contribution is -2.16. The summed E-state index contributed by atoms with van der Waals surface area (Å²) in [7, 11) is -3.88. The number of carbonyl (C=O) groups is 2. The molecule has 0 aliphatic rings. The molecule has 1 heterocycles. The van der Waals surface area contributed by atoms with E-state index in [1.54, 1.807) is 0 Å². The second-order valence-corrected chi connectivity index (χ2v) is 6.29. The molecule has 2 aromatic rings. The highest BCUT2D eigenvalue weighted by Crippen LogP contribution is 2.17. The van der Waals surface area contributed by atoms with Gasteiger partial charge in [-0.1, -0.05) is 0 Å². The second kappa shape index (κ2) is 6.44. The van der Waals surface area contributed by atoms with Crippen molar-refractivity contribution in [3.63, 3.8) is 0 Å². The average Bonchev–Trinajstić information content (AvgIpc) is 2.47. The molecule has 9 heteroatoms. The molecule has 0 saturated carbocycles. The molecule has 2 rings (SSSR count). The van der Waals surface area contributed by atoms with Gasteiger partial charge in [0, 0.05) is 24.4 Å². The summed E-state index contributed by atoms with van der Waals surface area (Å²) >= 11 is 0. The summed E-state index contributed by atoms with van der Waals surface area (Å²) in [5.41, 5.74) is 5.75. The Balaban J connectivity index is 2.23. The van der Waals surface area contributed by atoms with E-state index in [2.05, 4.69) is 15.0 Å². The molecule has 0 atom stereocenters. The van der Waals surface area contributed by atoms with Gasteiger partial charge >= 0.3 is 0 Å². The van der Waals surface area contributed by atoms with E-state index in [9.17, 15) is 18.0 Å². The first-order valence-electron chi connectivity index (χ1n) is 6.44. The molecule has 4 N–H and O–H groups in total. The van der Waals surface area contributed by atoms with Crippen molar-refractivity contribution >= 4 is 33.3 Å². The predicted molar refractivity (Wildman–Crippen MR) is 84.3 cm³/mol. The van der Waals surface area contributed by atoms with Gasteiger partial charge in [0.25, 0.3) is 10.0 Å². The smallest absolute Gasteiger partial charge is 0.263 e. The number of sulfonamides is 1. The van der Waals surface area contributed by atoms with Gasteiger partial charge < -0.3 is 11.1 Å². The zero-order chi connectivity index (χ0) is 17.0. The summed E-state index contributed by atoms with van der Waals surface area (Å²) in [5.74, 6) is -0.967. The quantitative estimate of drug-likeness (QED) is 0.749. The predicted octanol–water partition coefficient (Wildman–Crippen LogP) is 0.940. The maximum Gasteiger partial charge on any atom is 0.263 e. The number of pyridine rings is 1. The van der Waals surface area contributed by atoms with Gasteiger partial charge in [-0.3, -0.25) is 14.3 Å². The zero-order valence-electron chi connectivity index (χ0n) is 12.1. The van der Waals surface area contributed by atoms with Crippen LogP contribution in [0.5, 0.6) is 0 Å². The lowest BCUT2D eigenvalue weighted by atomic mass is 10.2. The topological polar surface area (TPSA) is 131 Å². The molecule has 1 aromatic carbocycles. The van der Waals surface area contributed by atoms with Gasteiger partial charge in [0.05, 0.1) is 4.90 Å². The van der Waals surface area contributed by atoms with Crippen LogP contribution in [0.4, 0.5) is 11.5 Å². The number of rotatable bonds is 5. The number of nitrogens with one attached hydrogen (secondary N) is 2. The number of amides is 2. The molecule has 0 aliphatic carbocycles. The summed E-state index contributed by atoms with van der Waals surface area (Å²) in [6, 6.07) is 8.22. The lowest BCUT2D eigenvalue weighted by molar-refractivity contribution is -0.114. The number of hydrogen-bond acceptors (Lipinski definition) is 5.